The molecule has 0 aromatic heterocycles. The quantitative estimate of drug-likeness (QED) is 0.311. The topological polar surface area (TPSA) is 27.7 Å². The first-order valence-corrected chi connectivity index (χ1v) is 11.6. The van der Waals surface area contributed by atoms with Crippen LogP contribution in [0.25, 0.3) is 11.1 Å². The van der Waals surface area contributed by atoms with Gasteiger partial charge in [-0.3, -0.25) is 0 Å². The molecule has 3 rings (SSSR count). The third-order valence-corrected chi connectivity index (χ3v) is 6.12. The summed E-state index contributed by atoms with van der Waals surface area (Å²) in [7, 11) is 0. The van der Waals surface area contributed by atoms with Gasteiger partial charge in [-0.2, -0.15) is 0 Å². The Hall–Kier alpha value is -2.10. The van der Waals surface area contributed by atoms with Gasteiger partial charge in [0, 0.05) is 0 Å². The van der Waals surface area contributed by atoms with Crippen molar-refractivity contribution in [3.05, 3.63) is 84.9 Å². The van der Waals surface area contributed by atoms with Crippen molar-refractivity contribution < 1.29 is 14.2 Å². The molecular formula is C24H26O3Se. The fraction of sp³-hybridized carbons (Fsp3) is 0.250. The molecule has 0 aliphatic carbocycles. The summed E-state index contributed by atoms with van der Waals surface area (Å²) in [6.07, 6.45) is 0. The fourth-order valence-corrected chi connectivity index (χ4v) is 4.30. The fourth-order valence-electron chi connectivity index (χ4n) is 2.65. The van der Waals surface area contributed by atoms with Gasteiger partial charge < -0.3 is 0 Å². The zero-order valence-electron chi connectivity index (χ0n) is 16.0. The van der Waals surface area contributed by atoms with E-state index in [4.69, 9.17) is 14.2 Å². The van der Waals surface area contributed by atoms with Gasteiger partial charge in [-0.15, -0.1) is 0 Å². The number of hydrogen-bond acceptors (Lipinski definition) is 3. The van der Waals surface area contributed by atoms with E-state index in [0.29, 0.717) is 41.4 Å². The van der Waals surface area contributed by atoms with Crippen LogP contribution in [0.5, 0.6) is 5.75 Å². The monoisotopic (exact) mass is 442 g/mol. The maximum atomic E-state index is 5.73. The Kier molecular flexibility index (Phi) is 9.12. The van der Waals surface area contributed by atoms with Crippen LogP contribution in [0.3, 0.4) is 0 Å². The Labute approximate surface area is 173 Å². The van der Waals surface area contributed by atoms with Crippen molar-refractivity contribution in [2.75, 3.05) is 33.0 Å². The third kappa shape index (κ3) is 7.49. The molecule has 0 aliphatic rings. The van der Waals surface area contributed by atoms with Gasteiger partial charge >= 0.3 is 132 Å². The van der Waals surface area contributed by atoms with Crippen molar-refractivity contribution >= 4 is 19.4 Å². The first-order chi connectivity index (χ1) is 13.9. The second-order valence-electron chi connectivity index (χ2n) is 6.13. The van der Waals surface area contributed by atoms with Crippen LogP contribution in [0, 0.1) is 0 Å². The maximum absolute atomic E-state index is 5.73. The first-order valence-electron chi connectivity index (χ1n) is 9.53. The zero-order chi connectivity index (χ0) is 19.3. The van der Waals surface area contributed by atoms with Gasteiger partial charge in [0.25, 0.3) is 0 Å². The molecule has 0 saturated carbocycles. The van der Waals surface area contributed by atoms with Gasteiger partial charge in [0.2, 0.25) is 0 Å². The molecule has 3 nitrogen and oxygen atoms in total. The van der Waals surface area contributed by atoms with Crippen LogP contribution in [-0.4, -0.2) is 48.0 Å². The molecule has 28 heavy (non-hydrogen) atoms. The molecule has 0 amide bonds. The second-order valence-corrected chi connectivity index (χ2v) is 8.58. The summed E-state index contributed by atoms with van der Waals surface area (Å²) < 4.78 is 18.3. The predicted octanol–water partition coefficient (Wildman–Crippen LogP) is 4.21. The summed E-state index contributed by atoms with van der Waals surface area (Å²) in [4.78, 5) is 0. The molecule has 3 aromatic rings. The Morgan fingerprint density at radius 2 is 1.11 bits per heavy atom. The Morgan fingerprint density at radius 1 is 0.536 bits per heavy atom. The molecule has 0 spiro atoms. The third-order valence-electron chi connectivity index (χ3n) is 4.07. The van der Waals surface area contributed by atoms with Gasteiger partial charge in [-0.25, -0.2) is 0 Å². The summed E-state index contributed by atoms with van der Waals surface area (Å²) in [6, 6.07) is 29.1. The summed E-state index contributed by atoms with van der Waals surface area (Å²) in [5, 5.41) is 1.10. The van der Waals surface area contributed by atoms with Crippen molar-refractivity contribution in [1.29, 1.82) is 0 Å². The Bertz CT molecular complexity index is 776. The normalized spacial score (nSPS) is 10.7. The van der Waals surface area contributed by atoms with Gasteiger partial charge in [0.15, 0.2) is 0 Å². The zero-order valence-corrected chi connectivity index (χ0v) is 17.7. The van der Waals surface area contributed by atoms with Gasteiger partial charge in [-0.05, 0) is 11.1 Å². The van der Waals surface area contributed by atoms with Crippen LogP contribution in [0.2, 0.25) is 5.32 Å². The molecule has 0 N–H and O–H groups in total. The predicted molar refractivity (Wildman–Crippen MR) is 116 cm³/mol. The van der Waals surface area contributed by atoms with E-state index >= 15 is 0 Å². The molecular weight excluding hydrogens is 415 g/mol. The van der Waals surface area contributed by atoms with E-state index in [1.807, 2.05) is 30.3 Å². The van der Waals surface area contributed by atoms with Crippen LogP contribution in [-0.2, 0) is 9.47 Å². The van der Waals surface area contributed by atoms with Gasteiger partial charge in [-0.1, -0.05) is 30.3 Å². The number of benzene rings is 3. The van der Waals surface area contributed by atoms with E-state index in [1.54, 1.807) is 0 Å². The minimum atomic E-state index is 0.492. The van der Waals surface area contributed by atoms with Crippen LogP contribution in [0.1, 0.15) is 0 Å². The van der Waals surface area contributed by atoms with Crippen molar-refractivity contribution in [3.8, 4) is 16.9 Å². The standard InChI is InChI=1S/C24H26O3Se/c1-3-7-21(8-4-1)22-11-13-23(14-12-22)27-18-17-25-15-16-26-19-20-28-24-9-5-2-6-10-24/h1-14H,15-20H2. The van der Waals surface area contributed by atoms with E-state index in [1.165, 1.54) is 15.6 Å². The Morgan fingerprint density at radius 3 is 1.82 bits per heavy atom. The number of hydrogen-bond donors (Lipinski definition) is 0. The molecule has 3 aromatic carbocycles. The van der Waals surface area contributed by atoms with Crippen molar-refractivity contribution in [3.63, 3.8) is 0 Å². The van der Waals surface area contributed by atoms with Crippen molar-refractivity contribution in [1.82, 2.24) is 0 Å². The molecule has 0 saturated heterocycles. The second kappa shape index (κ2) is 12.4. The molecule has 0 aliphatic heterocycles. The summed E-state index contributed by atoms with van der Waals surface area (Å²) in [5.41, 5.74) is 2.40. The summed E-state index contributed by atoms with van der Waals surface area (Å²) in [6.45, 7) is 3.15. The first kappa shape index (κ1) is 20.6. The van der Waals surface area contributed by atoms with E-state index in [-0.39, 0.29) is 0 Å². The van der Waals surface area contributed by atoms with Crippen LogP contribution >= 0.6 is 0 Å². The number of rotatable bonds is 12. The summed E-state index contributed by atoms with van der Waals surface area (Å²) in [5.74, 6) is 0.864. The van der Waals surface area contributed by atoms with Gasteiger partial charge in [0.05, 0.1) is 0 Å². The van der Waals surface area contributed by atoms with E-state index in [2.05, 4.69) is 54.6 Å². The molecule has 0 radical (unpaired) electrons. The van der Waals surface area contributed by atoms with E-state index in [9.17, 15) is 0 Å². The number of ether oxygens (including phenoxy) is 3. The SMILES string of the molecule is c1ccc([Se]CCOCCOCCOc2ccc(-c3ccccc3)cc2)cc1. The van der Waals surface area contributed by atoms with Crippen LogP contribution in [0.4, 0.5) is 0 Å². The summed E-state index contributed by atoms with van der Waals surface area (Å²) >= 11 is 0.492. The molecule has 4 heteroatoms. The molecule has 0 atom stereocenters. The van der Waals surface area contributed by atoms with Crippen LogP contribution in [0.15, 0.2) is 84.9 Å². The van der Waals surface area contributed by atoms with Crippen molar-refractivity contribution in [2.45, 2.75) is 5.32 Å². The average molecular weight is 441 g/mol. The van der Waals surface area contributed by atoms with Crippen LogP contribution < -0.4 is 9.20 Å². The van der Waals surface area contributed by atoms with Crippen molar-refractivity contribution in [2.24, 2.45) is 0 Å². The van der Waals surface area contributed by atoms with E-state index < -0.39 is 0 Å². The molecule has 0 bridgehead atoms. The molecule has 0 unspecified atom stereocenters. The van der Waals surface area contributed by atoms with Gasteiger partial charge in [0.1, 0.15) is 0 Å². The average Bonchev–Trinajstić information content (AvgIpc) is 2.77. The van der Waals surface area contributed by atoms with E-state index in [0.717, 1.165) is 17.7 Å². The molecule has 0 fully saturated rings. The molecule has 0 heterocycles. The molecule has 146 valence electrons. The Balaban J connectivity index is 1.20. The minimum absolute atomic E-state index is 0.492.